The van der Waals surface area contributed by atoms with Gasteiger partial charge in [-0.2, -0.15) is 0 Å². The highest BCUT2D eigenvalue weighted by molar-refractivity contribution is 7.91. The van der Waals surface area contributed by atoms with E-state index < -0.39 is 9.84 Å². The second-order valence-electron chi connectivity index (χ2n) is 5.64. The summed E-state index contributed by atoms with van der Waals surface area (Å²) in [5.74, 6) is 0.544. The standard InChI is InChI=1S/C13H21N3O3S2/c1-19-6-5-15-3-4-16(8-13-14-2-7-20-13)12-10-21(17,18)9-11(12)15/h2,7,11-12H,3-6,8-10H2,1H3/t11-,12+/m0/s1. The highest BCUT2D eigenvalue weighted by Gasteiger charge is 2.46. The molecular weight excluding hydrogens is 310 g/mol. The van der Waals surface area contributed by atoms with Crippen molar-refractivity contribution in [3.8, 4) is 0 Å². The fourth-order valence-electron chi connectivity index (χ4n) is 3.28. The predicted molar refractivity (Wildman–Crippen MR) is 82.2 cm³/mol. The van der Waals surface area contributed by atoms with Crippen LogP contribution in [0.3, 0.4) is 0 Å². The van der Waals surface area contributed by atoms with Gasteiger partial charge in [-0.15, -0.1) is 11.3 Å². The smallest absolute Gasteiger partial charge is 0.153 e. The van der Waals surface area contributed by atoms with Gasteiger partial charge in [-0.1, -0.05) is 0 Å². The van der Waals surface area contributed by atoms with Gasteiger partial charge in [-0.05, 0) is 0 Å². The second-order valence-corrected chi connectivity index (χ2v) is 8.77. The zero-order valence-electron chi connectivity index (χ0n) is 12.1. The third-order valence-electron chi connectivity index (χ3n) is 4.31. The minimum absolute atomic E-state index is 0.0875. The van der Waals surface area contributed by atoms with Crippen LogP contribution in [0.2, 0.25) is 0 Å². The molecule has 2 atom stereocenters. The van der Waals surface area contributed by atoms with Crippen molar-refractivity contribution in [2.45, 2.75) is 18.6 Å². The van der Waals surface area contributed by atoms with E-state index in [-0.39, 0.29) is 23.6 Å². The number of hydrogen-bond acceptors (Lipinski definition) is 7. The summed E-state index contributed by atoms with van der Waals surface area (Å²) in [6.45, 7) is 3.99. The summed E-state index contributed by atoms with van der Waals surface area (Å²) in [5.41, 5.74) is 0. The zero-order chi connectivity index (χ0) is 14.9. The van der Waals surface area contributed by atoms with E-state index in [0.717, 1.165) is 31.2 Å². The Bertz CT molecular complexity index is 561. The molecule has 0 bridgehead atoms. The van der Waals surface area contributed by atoms with Gasteiger partial charge in [0.15, 0.2) is 9.84 Å². The summed E-state index contributed by atoms with van der Waals surface area (Å²) in [5, 5.41) is 3.02. The molecule has 0 aromatic carbocycles. The summed E-state index contributed by atoms with van der Waals surface area (Å²) in [6.07, 6.45) is 1.80. The lowest BCUT2D eigenvalue weighted by Gasteiger charge is -2.43. The molecule has 118 valence electrons. The first kappa shape index (κ1) is 15.4. The van der Waals surface area contributed by atoms with E-state index in [0.29, 0.717) is 6.61 Å². The highest BCUT2D eigenvalue weighted by Crippen LogP contribution is 2.28. The van der Waals surface area contributed by atoms with Crippen LogP contribution in [-0.4, -0.2) is 80.1 Å². The SMILES string of the molecule is COCCN1CCN(Cc2nccs2)[C@@H]2CS(=O)(=O)C[C@@H]21. The molecule has 0 aliphatic carbocycles. The van der Waals surface area contributed by atoms with Crippen LogP contribution in [0.15, 0.2) is 11.6 Å². The highest BCUT2D eigenvalue weighted by atomic mass is 32.2. The molecule has 8 heteroatoms. The van der Waals surface area contributed by atoms with Gasteiger partial charge in [0.2, 0.25) is 0 Å². The average molecular weight is 331 g/mol. The van der Waals surface area contributed by atoms with E-state index in [2.05, 4.69) is 14.8 Å². The molecule has 1 aromatic rings. The summed E-state index contributed by atoms with van der Waals surface area (Å²) in [6, 6.07) is 0.184. The van der Waals surface area contributed by atoms with E-state index in [1.165, 1.54) is 0 Å². The number of nitrogens with zero attached hydrogens (tertiary/aromatic N) is 3. The molecule has 2 aliphatic rings. The molecule has 3 rings (SSSR count). The zero-order valence-corrected chi connectivity index (χ0v) is 13.8. The van der Waals surface area contributed by atoms with Crippen LogP contribution in [0.1, 0.15) is 5.01 Å². The summed E-state index contributed by atoms with van der Waals surface area (Å²) >= 11 is 1.63. The monoisotopic (exact) mass is 331 g/mol. The lowest BCUT2D eigenvalue weighted by atomic mass is 10.0. The Kier molecular flexibility index (Phi) is 4.60. The van der Waals surface area contributed by atoms with Gasteiger partial charge in [0.25, 0.3) is 0 Å². The number of fused-ring (bicyclic) bond motifs is 1. The van der Waals surface area contributed by atoms with Crippen LogP contribution in [0.25, 0.3) is 0 Å². The van der Waals surface area contributed by atoms with Crippen molar-refractivity contribution < 1.29 is 13.2 Å². The Balaban J connectivity index is 1.74. The van der Waals surface area contributed by atoms with Gasteiger partial charge in [-0.25, -0.2) is 13.4 Å². The van der Waals surface area contributed by atoms with Crippen molar-refractivity contribution in [2.24, 2.45) is 0 Å². The van der Waals surface area contributed by atoms with Gasteiger partial charge in [0.05, 0.1) is 24.7 Å². The molecule has 0 spiro atoms. The van der Waals surface area contributed by atoms with Crippen molar-refractivity contribution >= 4 is 21.2 Å². The molecule has 0 unspecified atom stereocenters. The van der Waals surface area contributed by atoms with Crippen LogP contribution in [0.5, 0.6) is 0 Å². The first-order valence-corrected chi connectivity index (χ1v) is 9.85. The third-order valence-corrected chi connectivity index (χ3v) is 6.77. The number of methoxy groups -OCH3 is 1. The van der Waals surface area contributed by atoms with Crippen LogP contribution in [0.4, 0.5) is 0 Å². The fraction of sp³-hybridized carbons (Fsp3) is 0.769. The first-order chi connectivity index (χ1) is 10.1. The molecule has 0 N–H and O–H groups in total. The Labute approximate surface area is 129 Å². The molecule has 2 aliphatic heterocycles. The Morgan fingerprint density at radius 2 is 2.05 bits per heavy atom. The van der Waals surface area contributed by atoms with Gasteiger partial charge in [0.1, 0.15) is 5.01 Å². The maximum atomic E-state index is 12.1. The number of thiazole rings is 1. The molecule has 0 radical (unpaired) electrons. The molecule has 2 fully saturated rings. The van der Waals surface area contributed by atoms with Crippen molar-refractivity contribution in [3.63, 3.8) is 0 Å². The summed E-state index contributed by atoms with van der Waals surface area (Å²) in [4.78, 5) is 8.89. The lowest BCUT2D eigenvalue weighted by molar-refractivity contribution is 0.0252. The maximum Gasteiger partial charge on any atom is 0.153 e. The molecule has 0 amide bonds. The number of aromatic nitrogens is 1. The van der Waals surface area contributed by atoms with Crippen molar-refractivity contribution in [3.05, 3.63) is 16.6 Å². The second kappa shape index (κ2) is 6.29. The van der Waals surface area contributed by atoms with Gasteiger partial charge < -0.3 is 4.74 Å². The van der Waals surface area contributed by atoms with Crippen molar-refractivity contribution in [1.82, 2.24) is 14.8 Å². The topological polar surface area (TPSA) is 62.7 Å². The number of sulfone groups is 1. The van der Waals surface area contributed by atoms with E-state index in [1.54, 1.807) is 24.6 Å². The largest absolute Gasteiger partial charge is 0.383 e. The van der Waals surface area contributed by atoms with Gasteiger partial charge in [0, 0.05) is 50.4 Å². The Hall–Kier alpha value is -0.540. The van der Waals surface area contributed by atoms with E-state index in [4.69, 9.17) is 4.74 Å². The van der Waals surface area contributed by atoms with Crippen molar-refractivity contribution in [1.29, 1.82) is 0 Å². The van der Waals surface area contributed by atoms with Crippen LogP contribution >= 0.6 is 11.3 Å². The minimum Gasteiger partial charge on any atom is -0.383 e. The van der Waals surface area contributed by atoms with Crippen LogP contribution in [-0.2, 0) is 21.1 Å². The van der Waals surface area contributed by atoms with Gasteiger partial charge >= 0.3 is 0 Å². The molecule has 1 aromatic heterocycles. The number of hydrogen-bond donors (Lipinski definition) is 0. The molecule has 21 heavy (non-hydrogen) atoms. The predicted octanol–water partition coefficient (Wildman–Crippen LogP) is 0.0727. The van der Waals surface area contributed by atoms with E-state index in [1.807, 2.05) is 5.38 Å². The van der Waals surface area contributed by atoms with Crippen molar-refractivity contribution in [2.75, 3.05) is 44.9 Å². The number of rotatable bonds is 5. The summed E-state index contributed by atoms with van der Waals surface area (Å²) in [7, 11) is -1.26. The normalized spacial score (nSPS) is 29.6. The summed E-state index contributed by atoms with van der Waals surface area (Å²) < 4.78 is 29.3. The molecular formula is C13H21N3O3S2. The Morgan fingerprint density at radius 1 is 1.33 bits per heavy atom. The molecule has 3 heterocycles. The molecule has 6 nitrogen and oxygen atoms in total. The average Bonchev–Trinajstić information content (AvgIpc) is 3.04. The third kappa shape index (κ3) is 3.45. The maximum absolute atomic E-state index is 12.1. The Morgan fingerprint density at radius 3 is 2.71 bits per heavy atom. The molecule has 0 saturated carbocycles. The molecule has 2 saturated heterocycles. The first-order valence-electron chi connectivity index (χ1n) is 7.15. The quantitative estimate of drug-likeness (QED) is 0.761. The number of piperazine rings is 1. The van der Waals surface area contributed by atoms with Gasteiger partial charge in [-0.3, -0.25) is 9.80 Å². The van der Waals surface area contributed by atoms with Crippen LogP contribution < -0.4 is 0 Å². The lowest BCUT2D eigenvalue weighted by Crippen LogP contribution is -2.59. The minimum atomic E-state index is -2.94. The fourth-order valence-corrected chi connectivity index (χ4v) is 5.97. The van der Waals surface area contributed by atoms with Crippen LogP contribution in [0, 0.1) is 0 Å². The van der Waals surface area contributed by atoms with E-state index in [9.17, 15) is 8.42 Å². The number of ether oxygens (including phenoxy) is 1. The van der Waals surface area contributed by atoms with E-state index >= 15 is 0 Å².